The molecule has 5 nitrogen and oxygen atoms in total. The molecule has 5 heteroatoms. The molecule has 0 aromatic heterocycles. The van der Waals surface area contributed by atoms with Crippen LogP contribution in [0.1, 0.15) is 30.0 Å². The smallest absolute Gasteiger partial charge is 0.310 e. The van der Waals surface area contributed by atoms with Gasteiger partial charge in [0, 0.05) is 26.7 Å². The molecule has 1 aliphatic carbocycles. The maximum atomic E-state index is 11.9. The number of esters is 1. The third kappa shape index (κ3) is 3.40. The fourth-order valence-corrected chi connectivity index (χ4v) is 3.85. The number of ether oxygens (including phenoxy) is 1. The van der Waals surface area contributed by atoms with Gasteiger partial charge < -0.3 is 15.0 Å². The van der Waals surface area contributed by atoms with Gasteiger partial charge in [0.15, 0.2) is 5.96 Å². The summed E-state index contributed by atoms with van der Waals surface area (Å²) < 4.78 is 4.91. The van der Waals surface area contributed by atoms with Crippen LogP contribution in [0.15, 0.2) is 23.2 Å². The summed E-state index contributed by atoms with van der Waals surface area (Å²) in [7, 11) is 3.25. The van der Waals surface area contributed by atoms with Gasteiger partial charge in [-0.1, -0.05) is 25.1 Å². The summed E-state index contributed by atoms with van der Waals surface area (Å²) in [5.41, 5.74) is 4.27. The van der Waals surface area contributed by atoms with E-state index in [9.17, 15) is 4.79 Å². The van der Waals surface area contributed by atoms with Crippen LogP contribution in [0.2, 0.25) is 0 Å². The highest BCUT2D eigenvalue weighted by atomic mass is 16.5. The van der Waals surface area contributed by atoms with E-state index in [2.05, 4.69) is 40.3 Å². The lowest BCUT2D eigenvalue weighted by atomic mass is 9.99. The summed E-state index contributed by atoms with van der Waals surface area (Å²) in [5, 5.41) is 3.44. The summed E-state index contributed by atoms with van der Waals surface area (Å²) >= 11 is 0. The zero-order valence-electron chi connectivity index (χ0n) is 14.8. The van der Waals surface area contributed by atoms with Gasteiger partial charge in [-0.3, -0.25) is 9.79 Å². The Kier molecular flexibility index (Phi) is 5.07. The summed E-state index contributed by atoms with van der Waals surface area (Å²) in [5.74, 6) is 0.928. The van der Waals surface area contributed by atoms with Crippen molar-refractivity contribution in [3.05, 3.63) is 34.9 Å². The van der Waals surface area contributed by atoms with Crippen LogP contribution < -0.4 is 5.32 Å². The third-order valence-corrected chi connectivity index (χ3v) is 5.24. The summed E-state index contributed by atoms with van der Waals surface area (Å²) in [6.45, 7) is 4.34. The predicted molar refractivity (Wildman–Crippen MR) is 94.9 cm³/mol. The highest BCUT2D eigenvalue weighted by Crippen LogP contribution is 2.25. The number of carbonyl (C=O) groups is 1. The molecule has 0 spiro atoms. The van der Waals surface area contributed by atoms with Crippen LogP contribution in [-0.4, -0.2) is 44.1 Å². The van der Waals surface area contributed by atoms with Crippen LogP contribution in [-0.2, 0) is 28.9 Å². The second kappa shape index (κ2) is 7.24. The number of rotatable bonds is 3. The molecule has 3 rings (SSSR count). The van der Waals surface area contributed by atoms with Gasteiger partial charge in [-0.2, -0.15) is 0 Å². The van der Waals surface area contributed by atoms with Crippen LogP contribution in [0.5, 0.6) is 0 Å². The first-order valence-corrected chi connectivity index (χ1v) is 8.76. The first kappa shape index (κ1) is 16.8. The molecule has 1 saturated heterocycles. The topological polar surface area (TPSA) is 53.9 Å². The second-order valence-electron chi connectivity index (χ2n) is 6.87. The highest BCUT2D eigenvalue weighted by Gasteiger charge is 2.36. The Labute approximate surface area is 144 Å². The number of methoxy groups -OCH3 is 1. The minimum absolute atomic E-state index is 0.0754. The minimum Gasteiger partial charge on any atom is -0.469 e. The Morgan fingerprint density at radius 1 is 1.33 bits per heavy atom. The Balaban J connectivity index is 1.60. The number of nitrogens with zero attached hydrogens (tertiary/aromatic N) is 2. The molecule has 24 heavy (non-hydrogen) atoms. The summed E-state index contributed by atoms with van der Waals surface area (Å²) in [4.78, 5) is 18.4. The van der Waals surface area contributed by atoms with E-state index in [-0.39, 0.29) is 17.8 Å². The van der Waals surface area contributed by atoms with Crippen LogP contribution in [0.4, 0.5) is 0 Å². The van der Waals surface area contributed by atoms with E-state index in [4.69, 9.17) is 4.74 Å². The van der Waals surface area contributed by atoms with E-state index in [0.717, 1.165) is 19.0 Å². The lowest BCUT2D eigenvalue weighted by Crippen LogP contribution is -2.40. The van der Waals surface area contributed by atoms with Crippen LogP contribution >= 0.6 is 0 Å². The Bertz CT molecular complexity index is 641. The standard InChI is InChI=1S/C19H27N3O2/c1-13-11-22(12-17(13)18(23)24-3)19(20-2)21-10-14-7-8-15-5-4-6-16(15)9-14/h7-9,13,17H,4-6,10-12H2,1-3H3,(H,20,21). The molecule has 0 bridgehead atoms. The maximum absolute atomic E-state index is 11.9. The van der Waals surface area contributed by atoms with Crippen LogP contribution in [0.25, 0.3) is 0 Å². The summed E-state index contributed by atoms with van der Waals surface area (Å²) in [6, 6.07) is 6.77. The number of hydrogen-bond acceptors (Lipinski definition) is 3. The number of nitrogens with one attached hydrogen (secondary N) is 1. The number of aliphatic imine (C=N–C) groups is 1. The average Bonchev–Trinajstić information content (AvgIpc) is 3.21. The Morgan fingerprint density at radius 2 is 2.12 bits per heavy atom. The van der Waals surface area contributed by atoms with Crippen molar-refractivity contribution < 1.29 is 9.53 Å². The Hall–Kier alpha value is -2.04. The summed E-state index contributed by atoms with van der Waals surface area (Å²) in [6.07, 6.45) is 3.68. The number of benzene rings is 1. The van der Waals surface area contributed by atoms with Crippen molar-refractivity contribution in [2.45, 2.75) is 32.7 Å². The van der Waals surface area contributed by atoms with Crippen molar-refractivity contribution >= 4 is 11.9 Å². The molecule has 2 aliphatic rings. The molecule has 1 fully saturated rings. The Morgan fingerprint density at radius 3 is 2.88 bits per heavy atom. The zero-order valence-corrected chi connectivity index (χ0v) is 14.8. The second-order valence-corrected chi connectivity index (χ2v) is 6.87. The van der Waals surface area contributed by atoms with Crippen molar-refractivity contribution in [1.82, 2.24) is 10.2 Å². The number of likely N-dealkylation sites (tertiary alicyclic amines) is 1. The van der Waals surface area contributed by atoms with E-state index in [1.165, 1.54) is 43.1 Å². The first-order chi connectivity index (χ1) is 11.6. The molecule has 0 amide bonds. The van der Waals surface area contributed by atoms with Gasteiger partial charge in [0.1, 0.15) is 0 Å². The fourth-order valence-electron chi connectivity index (χ4n) is 3.85. The first-order valence-electron chi connectivity index (χ1n) is 8.76. The monoisotopic (exact) mass is 329 g/mol. The molecule has 0 radical (unpaired) electrons. The third-order valence-electron chi connectivity index (χ3n) is 5.24. The predicted octanol–water partition coefficient (Wildman–Crippen LogP) is 1.99. The molecule has 0 saturated carbocycles. The fraction of sp³-hybridized carbons (Fsp3) is 0.579. The van der Waals surface area contributed by atoms with Crippen LogP contribution in [0.3, 0.4) is 0 Å². The average molecular weight is 329 g/mol. The number of guanidine groups is 1. The molecule has 2 atom stereocenters. The molecule has 1 aromatic carbocycles. The molecule has 1 aliphatic heterocycles. The quantitative estimate of drug-likeness (QED) is 0.523. The molecule has 1 aromatic rings. The molecular weight excluding hydrogens is 302 g/mol. The largest absolute Gasteiger partial charge is 0.469 e. The molecule has 2 unspecified atom stereocenters. The molecule has 1 heterocycles. The van der Waals surface area contributed by atoms with E-state index in [0.29, 0.717) is 6.54 Å². The highest BCUT2D eigenvalue weighted by molar-refractivity contribution is 5.82. The van der Waals surface area contributed by atoms with Gasteiger partial charge in [0.2, 0.25) is 0 Å². The normalized spacial score (nSPS) is 23.3. The van der Waals surface area contributed by atoms with E-state index in [1.54, 1.807) is 7.05 Å². The zero-order chi connectivity index (χ0) is 17.1. The van der Waals surface area contributed by atoms with Gasteiger partial charge in [-0.25, -0.2) is 0 Å². The van der Waals surface area contributed by atoms with Gasteiger partial charge >= 0.3 is 5.97 Å². The van der Waals surface area contributed by atoms with Crippen molar-refractivity contribution in [3.63, 3.8) is 0 Å². The molecular formula is C19H27N3O2. The van der Waals surface area contributed by atoms with E-state index < -0.39 is 0 Å². The molecule has 1 N–H and O–H groups in total. The lowest BCUT2D eigenvalue weighted by Gasteiger charge is -2.21. The minimum atomic E-state index is -0.126. The van der Waals surface area contributed by atoms with Crippen LogP contribution in [0, 0.1) is 11.8 Å². The maximum Gasteiger partial charge on any atom is 0.310 e. The van der Waals surface area contributed by atoms with E-state index >= 15 is 0 Å². The van der Waals surface area contributed by atoms with Crippen molar-refractivity contribution in [2.75, 3.05) is 27.2 Å². The van der Waals surface area contributed by atoms with Gasteiger partial charge in [-0.15, -0.1) is 0 Å². The SMILES string of the molecule is CN=C(NCc1ccc2c(c1)CCC2)N1CC(C)C(C(=O)OC)C1. The van der Waals surface area contributed by atoms with Gasteiger partial charge in [0.05, 0.1) is 13.0 Å². The van der Waals surface area contributed by atoms with Gasteiger partial charge in [0.25, 0.3) is 0 Å². The number of fused-ring (bicyclic) bond motifs is 1. The number of hydrogen-bond donors (Lipinski definition) is 1. The number of carbonyl (C=O) groups excluding carboxylic acids is 1. The van der Waals surface area contributed by atoms with Crippen molar-refractivity contribution in [1.29, 1.82) is 0 Å². The number of aryl methyl sites for hydroxylation is 2. The lowest BCUT2D eigenvalue weighted by molar-refractivity contribution is -0.145. The van der Waals surface area contributed by atoms with E-state index in [1.807, 2.05) is 0 Å². The van der Waals surface area contributed by atoms with Crippen molar-refractivity contribution in [2.24, 2.45) is 16.8 Å². The van der Waals surface area contributed by atoms with Gasteiger partial charge in [-0.05, 0) is 41.9 Å². The van der Waals surface area contributed by atoms with Crippen molar-refractivity contribution in [3.8, 4) is 0 Å². The molecule has 130 valence electrons.